The van der Waals surface area contributed by atoms with Gasteiger partial charge in [0.1, 0.15) is 23.0 Å². The van der Waals surface area contributed by atoms with Gasteiger partial charge in [0, 0.05) is 6.07 Å². The van der Waals surface area contributed by atoms with Crippen molar-refractivity contribution >= 4 is 17.8 Å². The van der Waals surface area contributed by atoms with Crippen LogP contribution in [0.25, 0.3) is 11.8 Å². The van der Waals surface area contributed by atoms with E-state index in [4.69, 9.17) is 18.9 Å². The maximum Gasteiger partial charge on any atom is 0.343 e. The number of rotatable bonds is 5. The summed E-state index contributed by atoms with van der Waals surface area (Å²) >= 11 is 0. The van der Waals surface area contributed by atoms with Crippen molar-refractivity contribution in [3.8, 4) is 17.2 Å². The summed E-state index contributed by atoms with van der Waals surface area (Å²) in [5.41, 5.74) is 3.04. The summed E-state index contributed by atoms with van der Waals surface area (Å²) < 4.78 is 21.3. The third-order valence-corrected chi connectivity index (χ3v) is 4.15. The Labute approximate surface area is 152 Å². The lowest BCUT2D eigenvalue weighted by Crippen LogP contribution is -1.98. The van der Waals surface area contributed by atoms with E-state index in [1.807, 2.05) is 25.1 Å². The Hall–Kier alpha value is -3.21. The molecule has 0 aliphatic carbocycles. The van der Waals surface area contributed by atoms with E-state index in [1.54, 1.807) is 51.7 Å². The molecule has 0 spiro atoms. The quantitative estimate of drug-likeness (QED) is 0.601. The molecule has 0 bridgehead atoms. The Bertz CT molecular complexity index is 909. The zero-order valence-electron chi connectivity index (χ0n) is 15.2. The Morgan fingerprint density at radius 3 is 2.38 bits per heavy atom. The Balaban J connectivity index is 1.97. The Kier molecular flexibility index (Phi) is 4.98. The molecule has 5 heteroatoms. The molecule has 2 aromatic carbocycles. The molecule has 0 radical (unpaired) electrons. The highest BCUT2D eigenvalue weighted by Crippen LogP contribution is 2.35. The maximum absolute atomic E-state index is 12.3. The van der Waals surface area contributed by atoms with Crippen molar-refractivity contribution in [2.75, 3.05) is 21.3 Å². The minimum atomic E-state index is -0.405. The minimum absolute atomic E-state index is 0.405. The standard InChI is InChI=1S/C21H20O5/c1-13-5-6-14(10-18(13)24-3)9-15-11-20(26-21(15)22)17-8-7-16(23-2)12-19(17)25-4/h5-12H,1-4H3/b15-9-. The van der Waals surface area contributed by atoms with Crippen LogP contribution in [0.15, 0.2) is 48.0 Å². The van der Waals surface area contributed by atoms with Crippen LogP contribution in [0.5, 0.6) is 17.2 Å². The van der Waals surface area contributed by atoms with E-state index in [2.05, 4.69) is 0 Å². The predicted octanol–water partition coefficient (Wildman–Crippen LogP) is 4.00. The molecule has 0 amide bonds. The first-order chi connectivity index (χ1) is 12.5. The van der Waals surface area contributed by atoms with Gasteiger partial charge in [0.2, 0.25) is 0 Å². The molecule has 1 aliphatic heterocycles. The molecule has 2 aromatic rings. The van der Waals surface area contributed by atoms with E-state index in [-0.39, 0.29) is 0 Å². The van der Waals surface area contributed by atoms with Crippen LogP contribution < -0.4 is 14.2 Å². The van der Waals surface area contributed by atoms with Crippen LogP contribution in [0.3, 0.4) is 0 Å². The number of benzene rings is 2. The van der Waals surface area contributed by atoms with Gasteiger partial charge in [-0.15, -0.1) is 0 Å². The third-order valence-electron chi connectivity index (χ3n) is 4.15. The zero-order chi connectivity index (χ0) is 18.7. The summed E-state index contributed by atoms with van der Waals surface area (Å²) in [5.74, 6) is 2.05. The van der Waals surface area contributed by atoms with Crippen LogP contribution in [0.1, 0.15) is 16.7 Å². The molecule has 26 heavy (non-hydrogen) atoms. The monoisotopic (exact) mass is 352 g/mol. The molecule has 1 heterocycles. The number of aryl methyl sites for hydroxylation is 1. The SMILES string of the molecule is COc1ccc(C2=C/C(=C/c3ccc(C)c(OC)c3)C(=O)O2)c(OC)c1. The largest absolute Gasteiger partial charge is 0.497 e. The molecule has 0 saturated heterocycles. The number of hydrogen-bond acceptors (Lipinski definition) is 5. The fourth-order valence-corrected chi connectivity index (χ4v) is 2.73. The molecule has 5 nitrogen and oxygen atoms in total. The molecule has 1 aliphatic rings. The average molecular weight is 352 g/mol. The number of hydrogen-bond donors (Lipinski definition) is 0. The summed E-state index contributed by atoms with van der Waals surface area (Å²) in [6, 6.07) is 11.1. The number of ether oxygens (including phenoxy) is 4. The molecule has 0 atom stereocenters. The zero-order valence-corrected chi connectivity index (χ0v) is 15.2. The second kappa shape index (κ2) is 7.35. The van der Waals surface area contributed by atoms with Gasteiger partial charge in [0.05, 0.1) is 32.5 Å². The van der Waals surface area contributed by atoms with Gasteiger partial charge in [-0.2, -0.15) is 0 Å². The molecular weight excluding hydrogens is 332 g/mol. The van der Waals surface area contributed by atoms with Crippen molar-refractivity contribution in [1.82, 2.24) is 0 Å². The molecule has 0 saturated carbocycles. The molecule has 0 N–H and O–H groups in total. The first-order valence-electron chi connectivity index (χ1n) is 8.08. The Morgan fingerprint density at radius 2 is 1.69 bits per heavy atom. The second-order valence-corrected chi connectivity index (χ2v) is 5.79. The summed E-state index contributed by atoms with van der Waals surface area (Å²) in [6.07, 6.45) is 3.48. The van der Waals surface area contributed by atoms with Gasteiger partial charge in [0.25, 0.3) is 0 Å². The van der Waals surface area contributed by atoms with Crippen LogP contribution in [0, 0.1) is 6.92 Å². The highest BCUT2D eigenvalue weighted by Gasteiger charge is 2.24. The maximum atomic E-state index is 12.3. The number of methoxy groups -OCH3 is 3. The van der Waals surface area contributed by atoms with Gasteiger partial charge >= 0.3 is 5.97 Å². The third kappa shape index (κ3) is 3.42. The smallest absolute Gasteiger partial charge is 0.343 e. The molecule has 0 unspecified atom stereocenters. The number of esters is 1. The fourth-order valence-electron chi connectivity index (χ4n) is 2.73. The lowest BCUT2D eigenvalue weighted by molar-refractivity contribution is -0.130. The van der Waals surface area contributed by atoms with Crippen molar-refractivity contribution in [1.29, 1.82) is 0 Å². The molecular formula is C21H20O5. The van der Waals surface area contributed by atoms with Crippen LogP contribution in [-0.4, -0.2) is 27.3 Å². The van der Waals surface area contributed by atoms with Crippen molar-refractivity contribution in [3.05, 3.63) is 64.7 Å². The molecule has 134 valence electrons. The topological polar surface area (TPSA) is 54.0 Å². The number of cyclic esters (lactones) is 1. The number of carbonyl (C=O) groups excluding carboxylic acids is 1. The summed E-state index contributed by atoms with van der Waals surface area (Å²) in [6.45, 7) is 1.97. The van der Waals surface area contributed by atoms with E-state index in [0.717, 1.165) is 16.9 Å². The summed E-state index contributed by atoms with van der Waals surface area (Å²) in [4.78, 5) is 12.3. The summed E-state index contributed by atoms with van der Waals surface area (Å²) in [7, 11) is 4.77. The van der Waals surface area contributed by atoms with Crippen molar-refractivity contribution in [2.24, 2.45) is 0 Å². The predicted molar refractivity (Wildman–Crippen MR) is 99.3 cm³/mol. The van der Waals surface area contributed by atoms with Gasteiger partial charge < -0.3 is 18.9 Å². The van der Waals surface area contributed by atoms with Gasteiger partial charge in [0.15, 0.2) is 0 Å². The van der Waals surface area contributed by atoms with E-state index in [0.29, 0.717) is 28.4 Å². The first-order valence-corrected chi connectivity index (χ1v) is 8.08. The average Bonchev–Trinajstić information content (AvgIpc) is 3.02. The summed E-state index contributed by atoms with van der Waals surface area (Å²) in [5, 5.41) is 0. The molecule has 0 aromatic heterocycles. The van der Waals surface area contributed by atoms with E-state index in [1.165, 1.54) is 0 Å². The van der Waals surface area contributed by atoms with Crippen LogP contribution >= 0.6 is 0 Å². The first kappa shape index (κ1) is 17.6. The normalized spacial score (nSPS) is 14.8. The molecule has 3 rings (SSSR count). The lowest BCUT2D eigenvalue weighted by Gasteiger charge is -2.10. The van der Waals surface area contributed by atoms with Crippen molar-refractivity contribution in [3.63, 3.8) is 0 Å². The van der Waals surface area contributed by atoms with Crippen LogP contribution in [0.2, 0.25) is 0 Å². The van der Waals surface area contributed by atoms with E-state index < -0.39 is 5.97 Å². The number of carbonyl (C=O) groups is 1. The van der Waals surface area contributed by atoms with Crippen molar-refractivity contribution < 1.29 is 23.7 Å². The Morgan fingerprint density at radius 1 is 0.923 bits per heavy atom. The minimum Gasteiger partial charge on any atom is -0.497 e. The van der Waals surface area contributed by atoms with Crippen molar-refractivity contribution in [2.45, 2.75) is 6.92 Å². The second-order valence-electron chi connectivity index (χ2n) is 5.79. The highest BCUT2D eigenvalue weighted by molar-refractivity contribution is 6.05. The van der Waals surface area contributed by atoms with Crippen LogP contribution in [0.4, 0.5) is 0 Å². The lowest BCUT2D eigenvalue weighted by atomic mass is 10.1. The van der Waals surface area contributed by atoms with Gasteiger partial charge in [-0.3, -0.25) is 0 Å². The highest BCUT2D eigenvalue weighted by atomic mass is 16.5. The fraction of sp³-hybridized carbons (Fsp3) is 0.190. The van der Waals surface area contributed by atoms with Gasteiger partial charge in [-0.05, 0) is 48.4 Å². The van der Waals surface area contributed by atoms with E-state index in [9.17, 15) is 4.79 Å². The molecule has 0 fully saturated rings. The van der Waals surface area contributed by atoms with Crippen LogP contribution in [-0.2, 0) is 9.53 Å². The van der Waals surface area contributed by atoms with Gasteiger partial charge in [-0.25, -0.2) is 4.79 Å². The van der Waals surface area contributed by atoms with E-state index >= 15 is 0 Å². The van der Waals surface area contributed by atoms with Gasteiger partial charge in [-0.1, -0.05) is 12.1 Å².